The summed E-state index contributed by atoms with van der Waals surface area (Å²) in [4.78, 5) is 14.5. The van der Waals surface area contributed by atoms with Crippen molar-refractivity contribution in [2.75, 3.05) is 25.6 Å². The van der Waals surface area contributed by atoms with Gasteiger partial charge in [0.1, 0.15) is 0 Å². The summed E-state index contributed by atoms with van der Waals surface area (Å²) in [6.45, 7) is 5.00. The van der Waals surface area contributed by atoms with Crippen LogP contribution in [0.25, 0.3) is 0 Å². The number of nitrogens with one attached hydrogen (secondary N) is 1. The standard InChI is InChI=1S/C18H22N4O4S/c1-12(13-4-5-14-15(8-13)25-11-24-14)19-16(23)10-27-18-21-20-17(26-18)9-22-6-2-3-7-22/h4-5,8,12H,2-3,6-7,9-11H2,1H3,(H,19,23). The Morgan fingerprint density at radius 2 is 2.07 bits per heavy atom. The second-order valence-electron chi connectivity index (χ2n) is 6.64. The Balaban J connectivity index is 1.25. The summed E-state index contributed by atoms with van der Waals surface area (Å²) in [5.74, 6) is 2.17. The van der Waals surface area contributed by atoms with Crippen LogP contribution in [-0.2, 0) is 11.3 Å². The van der Waals surface area contributed by atoms with E-state index in [1.54, 1.807) is 0 Å². The SMILES string of the molecule is CC(NC(=O)CSc1nnc(CN2CCCC2)o1)c1ccc2c(c1)OCO2. The Bertz CT molecular complexity index is 806. The number of rotatable bonds is 7. The fourth-order valence-corrected chi connectivity index (χ4v) is 3.76. The first kappa shape index (κ1) is 18.1. The molecule has 2 aliphatic heterocycles. The highest BCUT2D eigenvalue weighted by atomic mass is 32.2. The second-order valence-corrected chi connectivity index (χ2v) is 7.56. The molecule has 1 amide bonds. The summed E-state index contributed by atoms with van der Waals surface area (Å²) in [7, 11) is 0. The molecule has 1 saturated heterocycles. The normalized spacial score (nSPS) is 17.2. The molecule has 27 heavy (non-hydrogen) atoms. The number of amides is 1. The van der Waals surface area contributed by atoms with Crippen LogP contribution >= 0.6 is 11.8 Å². The van der Waals surface area contributed by atoms with Gasteiger partial charge < -0.3 is 19.2 Å². The molecular formula is C18H22N4O4S. The van der Waals surface area contributed by atoms with Crippen LogP contribution in [0.3, 0.4) is 0 Å². The molecule has 9 heteroatoms. The third kappa shape index (κ3) is 4.54. The van der Waals surface area contributed by atoms with Gasteiger partial charge in [-0.2, -0.15) is 0 Å². The minimum atomic E-state index is -0.138. The van der Waals surface area contributed by atoms with Gasteiger partial charge in [0, 0.05) is 0 Å². The van der Waals surface area contributed by atoms with Gasteiger partial charge >= 0.3 is 0 Å². The molecule has 1 N–H and O–H groups in total. The van der Waals surface area contributed by atoms with E-state index in [2.05, 4.69) is 20.4 Å². The van der Waals surface area contributed by atoms with E-state index in [9.17, 15) is 4.79 Å². The molecule has 0 radical (unpaired) electrons. The molecule has 1 unspecified atom stereocenters. The molecule has 4 rings (SSSR count). The van der Waals surface area contributed by atoms with Crippen molar-refractivity contribution in [2.24, 2.45) is 0 Å². The molecule has 0 aliphatic carbocycles. The zero-order chi connectivity index (χ0) is 18.6. The molecule has 2 aliphatic rings. The smallest absolute Gasteiger partial charge is 0.277 e. The van der Waals surface area contributed by atoms with Gasteiger partial charge in [-0.15, -0.1) is 10.2 Å². The molecular weight excluding hydrogens is 368 g/mol. The van der Waals surface area contributed by atoms with Gasteiger partial charge in [-0.05, 0) is 50.6 Å². The average molecular weight is 390 g/mol. The van der Waals surface area contributed by atoms with Crippen LogP contribution in [0.15, 0.2) is 27.8 Å². The summed E-state index contributed by atoms with van der Waals surface area (Å²) < 4.78 is 16.3. The topological polar surface area (TPSA) is 89.7 Å². The molecule has 3 heterocycles. The molecule has 0 bridgehead atoms. The molecule has 1 fully saturated rings. The molecule has 1 atom stereocenters. The first-order valence-corrected chi connectivity index (χ1v) is 10.0. The summed E-state index contributed by atoms with van der Waals surface area (Å²) in [5, 5.41) is 11.5. The van der Waals surface area contributed by atoms with Crippen LogP contribution in [0.1, 0.15) is 37.3 Å². The van der Waals surface area contributed by atoms with Crippen molar-refractivity contribution in [1.29, 1.82) is 0 Å². The minimum absolute atomic E-state index is 0.0931. The lowest BCUT2D eigenvalue weighted by molar-refractivity contribution is -0.119. The van der Waals surface area contributed by atoms with Crippen molar-refractivity contribution in [1.82, 2.24) is 20.4 Å². The molecule has 0 saturated carbocycles. The minimum Gasteiger partial charge on any atom is -0.454 e. The van der Waals surface area contributed by atoms with Gasteiger partial charge in [-0.25, -0.2) is 0 Å². The second kappa shape index (κ2) is 8.18. The number of hydrogen-bond donors (Lipinski definition) is 1. The highest BCUT2D eigenvalue weighted by molar-refractivity contribution is 7.99. The van der Waals surface area contributed by atoms with Crippen molar-refractivity contribution in [3.8, 4) is 11.5 Å². The van der Waals surface area contributed by atoms with Gasteiger partial charge in [-0.3, -0.25) is 9.69 Å². The number of benzene rings is 1. The fraction of sp³-hybridized carbons (Fsp3) is 0.500. The quantitative estimate of drug-likeness (QED) is 0.721. The zero-order valence-electron chi connectivity index (χ0n) is 15.1. The number of carbonyl (C=O) groups excluding carboxylic acids is 1. The number of likely N-dealkylation sites (tertiary alicyclic amines) is 1. The summed E-state index contributed by atoms with van der Waals surface area (Å²) >= 11 is 1.25. The zero-order valence-corrected chi connectivity index (χ0v) is 16.0. The lowest BCUT2D eigenvalue weighted by Gasteiger charge is -2.14. The molecule has 144 valence electrons. The van der Waals surface area contributed by atoms with Crippen LogP contribution in [0.2, 0.25) is 0 Å². The third-order valence-electron chi connectivity index (χ3n) is 4.61. The molecule has 8 nitrogen and oxygen atoms in total. The number of carbonyl (C=O) groups is 1. The van der Waals surface area contributed by atoms with E-state index in [-0.39, 0.29) is 24.5 Å². The highest BCUT2D eigenvalue weighted by Crippen LogP contribution is 2.34. The summed E-state index contributed by atoms with van der Waals surface area (Å²) in [5.41, 5.74) is 0.961. The van der Waals surface area contributed by atoms with Gasteiger partial charge in [0.25, 0.3) is 5.22 Å². The van der Waals surface area contributed by atoms with E-state index in [1.807, 2.05) is 25.1 Å². The van der Waals surface area contributed by atoms with Crippen molar-refractivity contribution in [3.05, 3.63) is 29.7 Å². The van der Waals surface area contributed by atoms with Crippen molar-refractivity contribution >= 4 is 17.7 Å². The Morgan fingerprint density at radius 1 is 1.26 bits per heavy atom. The third-order valence-corrected chi connectivity index (χ3v) is 5.43. The summed E-state index contributed by atoms with van der Waals surface area (Å²) in [6.07, 6.45) is 2.44. The fourth-order valence-electron chi connectivity index (χ4n) is 3.17. The Kier molecular flexibility index (Phi) is 5.49. The van der Waals surface area contributed by atoms with Crippen LogP contribution in [-0.4, -0.2) is 46.6 Å². The maximum absolute atomic E-state index is 12.2. The first-order chi connectivity index (χ1) is 13.2. The maximum atomic E-state index is 12.2. The monoisotopic (exact) mass is 390 g/mol. The highest BCUT2D eigenvalue weighted by Gasteiger charge is 2.18. The van der Waals surface area contributed by atoms with E-state index < -0.39 is 0 Å². The lowest BCUT2D eigenvalue weighted by atomic mass is 10.1. The van der Waals surface area contributed by atoms with E-state index >= 15 is 0 Å². The van der Waals surface area contributed by atoms with Gasteiger partial charge in [0.15, 0.2) is 11.5 Å². The van der Waals surface area contributed by atoms with Gasteiger partial charge in [0.05, 0.1) is 18.3 Å². The predicted molar refractivity (Wildman–Crippen MR) is 98.7 cm³/mol. The molecule has 2 aromatic rings. The average Bonchev–Trinajstić information content (AvgIpc) is 3.41. The maximum Gasteiger partial charge on any atom is 0.277 e. The number of thioether (sulfide) groups is 1. The van der Waals surface area contributed by atoms with Crippen molar-refractivity contribution < 1.29 is 18.7 Å². The van der Waals surface area contributed by atoms with E-state index in [0.29, 0.717) is 23.4 Å². The van der Waals surface area contributed by atoms with E-state index in [4.69, 9.17) is 13.9 Å². The number of fused-ring (bicyclic) bond motifs is 1. The largest absolute Gasteiger partial charge is 0.454 e. The number of aromatic nitrogens is 2. The first-order valence-electron chi connectivity index (χ1n) is 9.04. The molecule has 0 spiro atoms. The van der Waals surface area contributed by atoms with Crippen molar-refractivity contribution in [3.63, 3.8) is 0 Å². The van der Waals surface area contributed by atoms with Crippen LogP contribution < -0.4 is 14.8 Å². The van der Waals surface area contributed by atoms with Crippen molar-refractivity contribution in [2.45, 2.75) is 37.6 Å². The Hall–Kier alpha value is -2.26. The van der Waals surface area contributed by atoms with Crippen LogP contribution in [0, 0.1) is 0 Å². The number of ether oxygens (including phenoxy) is 2. The summed E-state index contributed by atoms with van der Waals surface area (Å²) in [6, 6.07) is 5.54. The van der Waals surface area contributed by atoms with Crippen LogP contribution in [0.5, 0.6) is 11.5 Å². The number of nitrogens with zero attached hydrogens (tertiary/aromatic N) is 3. The lowest BCUT2D eigenvalue weighted by Crippen LogP contribution is -2.28. The van der Waals surface area contributed by atoms with Gasteiger partial charge in [-0.1, -0.05) is 17.8 Å². The van der Waals surface area contributed by atoms with Crippen LogP contribution in [0.4, 0.5) is 0 Å². The molecule has 1 aromatic carbocycles. The molecule has 1 aromatic heterocycles. The number of hydrogen-bond acceptors (Lipinski definition) is 8. The Morgan fingerprint density at radius 3 is 2.93 bits per heavy atom. The van der Waals surface area contributed by atoms with E-state index in [1.165, 1.54) is 24.6 Å². The predicted octanol–water partition coefficient (Wildman–Crippen LogP) is 2.36. The Labute approximate surface area is 161 Å². The van der Waals surface area contributed by atoms with E-state index in [0.717, 1.165) is 24.4 Å². The van der Waals surface area contributed by atoms with Gasteiger partial charge in [0.2, 0.25) is 18.6 Å².